The zero-order chi connectivity index (χ0) is 13.7. The number of amides is 1. The lowest BCUT2D eigenvalue weighted by atomic mass is 10.1. The van der Waals surface area contributed by atoms with Gasteiger partial charge in [0.05, 0.1) is 7.11 Å². The maximum atomic E-state index is 11.8. The van der Waals surface area contributed by atoms with E-state index < -0.39 is 0 Å². The zero-order valence-electron chi connectivity index (χ0n) is 11.1. The molecule has 0 radical (unpaired) electrons. The van der Waals surface area contributed by atoms with Gasteiger partial charge in [-0.25, -0.2) is 0 Å². The molecule has 0 fully saturated rings. The van der Waals surface area contributed by atoms with E-state index in [-0.39, 0.29) is 18.4 Å². The van der Waals surface area contributed by atoms with E-state index in [1.54, 1.807) is 26.2 Å². The van der Waals surface area contributed by atoms with Crippen LogP contribution in [0, 0.1) is 6.92 Å². The molecule has 0 aliphatic rings. The Balaban J connectivity index is 2.88. The standard InChI is InChI=1S/C13H18N2O3/c1-9-5-6-10(13(17)15(2)3)7-11(9)14-8-12(16)18-4/h5-7,14H,8H2,1-4H3. The number of hydrogen-bond acceptors (Lipinski definition) is 4. The summed E-state index contributed by atoms with van der Waals surface area (Å²) in [5.41, 5.74) is 2.31. The quantitative estimate of drug-likeness (QED) is 0.818. The van der Waals surface area contributed by atoms with Crippen molar-refractivity contribution >= 4 is 17.6 Å². The predicted molar refractivity (Wildman–Crippen MR) is 69.7 cm³/mol. The van der Waals surface area contributed by atoms with Gasteiger partial charge in [0, 0.05) is 25.3 Å². The van der Waals surface area contributed by atoms with Crippen LogP contribution >= 0.6 is 0 Å². The van der Waals surface area contributed by atoms with Gasteiger partial charge in [0.15, 0.2) is 0 Å². The fraction of sp³-hybridized carbons (Fsp3) is 0.385. The van der Waals surface area contributed by atoms with E-state index in [1.807, 2.05) is 13.0 Å². The number of nitrogens with one attached hydrogen (secondary N) is 1. The fourth-order valence-electron chi connectivity index (χ4n) is 1.44. The van der Waals surface area contributed by atoms with Crippen LogP contribution in [-0.4, -0.2) is 44.5 Å². The number of esters is 1. The molecule has 0 aliphatic heterocycles. The molecule has 1 rings (SSSR count). The topological polar surface area (TPSA) is 58.6 Å². The van der Waals surface area contributed by atoms with Crippen molar-refractivity contribution in [3.05, 3.63) is 29.3 Å². The first-order chi connectivity index (χ1) is 8.45. The highest BCUT2D eigenvalue weighted by Crippen LogP contribution is 2.17. The van der Waals surface area contributed by atoms with Gasteiger partial charge < -0.3 is 15.0 Å². The molecule has 0 spiro atoms. The fourth-order valence-corrected chi connectivity index (χ4v) is 1.44. The molecule has 0 atom stereocenters. The summed E-state index contributed by atoms with van der Waals surface area (Å²) >= 11 is 0. The Kier molecular flexibility index (Phi) is 4.71. The zero-order valence-corrected chi connectivity index (χ0v) is 11.1. The lowest BCUT2D eigenvalue weighted by Gasteiger charge is -2.13. The summed E-state index contributed by atoms with van der Waals surface area (Å²) < 4.78 is 4.55. The third kappa shape index (κ3) is 3.48. The Bertz CT molecular complexity index is 456. The second-order valence-corrected chi connectivity index (χ2v) is 4.16. The Morgan fingerprint density at radius 1 is 1.33 bits per heavy atom. The number of anilines is 1. The van der Waals surface area contributed by atoms with E-state index >= 15 is 0 Å². The van der Waals surface area contributed by atoms with E-state index in [4.69, 9.17) is 0 Å². The van der Waals surface area contributed by atoms with Gasteiger partial charge >= 0.3 is 5.97 Å². The molecule has 1 aromatic carbocycles. The monoisotopic (exact) mass is 250 g/mol. The predicted octanol–water partition coefficient (Wildman–Crippen LogP) is 1.28. The lowest BCUT2D eigenvalue weighted by molar-refractivity contribution is -0.138. The molecule has 1 N–H and O–H groups in total. The highest BCUT2D eigenvalue weighted by molar-refractivity contribution is 5.95. The van der Waals surface area contributed by atoms with E-state index in [1.165, 1.54) is 12.0 Å². The number of nitrogens with zero attached hydrogens (tertiary/aromatic N) is 1. The number of ether oxygens (including phenoxy) is 1. The molecule has 0 saturated heterocycles. The molecule has 0 aliphatic carbocycles. The Hall–Kier alpha value is -2.04. The Morgan fingerprint density at radius 2 is 2.00 bits per heavy atom. The van der Waals surface area contributed by atoms with Crippen molar-refractivity contribution in [1.29, 1.82) is 0 Å². The minimum atomic E-state index is -0.348. The molecule has 0 saturated carbocycles. The first-order valence-corrected chi connectivity index (χ1v) is 5.58. The number of rotatable bonds is 4. The van der Waals surface area contributed by atoms with Gasteiger partial charge in [-0.05, 0) is 24.6 Å². The number of methoxy groups -OCH3 is 1. The van der Waals surface area contributed by atoms with Gasteiger partial charge in [-0.2, -0.15) is 0 Å². The Labute approximate surface area is 107 Å². The number of aryl methyl sites for hydroxylation is 1. The average Bonchev–Trinajstić information content (AvgIpc) is 2.36. The van der Waals surface area contributed by atoms with Crippen molar-refractivity contribution in [3.63, 3.8) is 0 Å². The van der Waals surface area contributed by atoms with Crippen LogP contribution in [0.2, 0.25) is 0 Å². The summed E-state index contributed by atoms with van der Waals surface area (Å²) in [7, 11) is 4.73. The van der Waals surface area contributed by atoms with Crippen LogP contribution in [0.3, 0.4) is 0 Å². The van der Waals surface area contributed by atoms with Crippen LogP contribution in [0.25, 0.3) is 0 Å². The SMILES string of the molecule is COC(=O)CNc1cc(C(=O)N(C)C)ccc1C. The summed E-state index contributed by atoms with van der Waals surface area (Å²) in [5, 5.41) is 2.95. The number of hydrogen-bond donors (Lipinski definition) is 1. The van der Waals surface area contributed by atoms with Crippen LogP contribution < -0.4 is 5.32 Å². The van der Waals surface area contributed by atoms with Crippen molar-refractivity contribution in [2.24, 2.45) is 0 Å². The van der Waals surface area contributed by atoms with Crippen molar-refractivity contribution < 1.29 is 14.3 Å². The average molecular weight is 250 g/mol. The van der Waals surface area contributed by atoms with E-state index in [0.29, 0.717) is 5.56 Å². The largest absolute Gasteiger partial charge is 0.468 e. The van der Waals surface area contributed by atoms with Gasteiger partial charge in [0.1, 0.15) is 6.54 Å². The summed E-state index contributed by atoms with van der Waals surface area (Å²) in [5.74, 6) is -0.421. The molecule has 0 unspecified atom stereocenters. The van der Waals surface area contributed by atoms with Gasteiger partial charge in [0.25, 0.3) is 5.91 Å². The maximum Gasteiger partial charge on any atom is 0.325 e. The third-order valence-corrected chi connectivity index (χ3v) is 2.54. The van der Waals surface area contributed by atoms with E-state index in [9.17, 15) is 9.59 Å². The normalized spacial score (nSPS) is 9.78. The Morgan fingerprint density at radius 3 is 2.56 bits per heavy atom. The van der Waals surface area contributed by atoms with Crippen molar-refractivity contribution in [2.75, 3.05) is 33.1 Å². The molecule has 1 aromatic rings. The number of carbonyl (C=O) groups excluding carboxylic acids is 2. The van der Waals surface area contributed by atoms with Gasteiger partial charge in [0.2, 0.25) is 0 Å². The molecule has 1 amide bonds. The minimum Gasteiger partial charge on any atom is -0.468 e. The second-order valence-electron chi connectivity index (χ2n) is 4.16. The molecule has 0 heterocycles. The number of carbonyl (C=O) groups is 2. The van der Waals surface area contributed by atoms with E-state index in [0.717, 1.165) is 11.3 Å². The van der Waals surface area contributed by atoms with E-state index in [2.05, 4.69) is 10.1 Å². The summed E-state index contributed by atoms with van der Waals surface area (Å²) in [6.07, 6.45) is 0. The molecular formula is C13H18N2O3. The van der Waals surface area contributed by atoms with Crippen LogP contribution in [0.15, 0.2) is 18.2 Å². The molecule has 5 heteroatoms. The molecule has 5 nitrogen and oxygen atoms in total. The first-order valence-electron chi connectivity index (χ1n) is 5.58. The van der Waals surface area contributed by atoms with Gasteiger partial charge in [-0.3, -0.25) is 9.59 Å². The highest BCUT2D eigenvalue weighted by Gasteiger charge is 2.10. The van der Waals surface area contributed by atoms with Crippen molar-refractivity contribution in [1.82, 2.24) is 4.90 Å². The van der Waals surface area contributed by atoms with Crippen LogP contribution in [-0.2, 0) is 9.53 Å². The molecule has 98 valence electrons. The van der Waals surface area contributed by atoms with Crippen molar-refractivity contribution in [2.45, 2.75) is 6.92 Å². The molecular weight excluding hydrogens is 232 g/mol. The van der Waals surface area contributed by atoms with Crippen LogP contribution in [0.4, 0.5) is 5.69 Å². The highest BCUT2D eigenvalue weighted by atomic mass is 16.5. The molecule has 0 aromatic heterocycles. The summed E-state index contributed by atoms with van der Waals surface area (Å²) in [6, 6.07) is 5.35. The van der Waals surface area contributed by atoms with Gasteiger partial charge in [-0.15, -0.1) is 0 Å². The maximum absolute atomic E-state index is 11.8. The van der Waals surface area contributed by atoms with Crippen LogP contribution in [0.1, 0.15) is 15.9 Å². The second kappa shape index (κ2) is 6.05. The summed E-state index contributed by atoms with van der Waals surface area (Å²) in [4.78, 5) is 24.4. The van der Waals surface area contributed by atoms with Crippen LogP contribution in [0.5, 0.6) is 0 Å². The van der Waals surface area contributed by atoms with Crippen molar-refractivity contribution in [3.8, 4) is 0 Å². The van der Waals surface area contributed by atoms with Gasteiger partial charge in [-0.1, -0.05) is 6.07 Å². The molecule has 18 heavy (non-hydrogen) atoms. The number of benzene rings is 1. The smallest absolute Gasteiger partial charge is 0.325 e. The summed E-state index contributed by atoms with van der Waals surface area (Å²) in [6.45, 7) is 1.99. The minimum absolute atomic E-state index is 0.0730. The third-order valence-electron chi connectivity index (χ3n) is 2.54. The first kappa shape index (κ1) is 14.0. The lowest BCUT2D eigenvalue weighted by Crippen LogP contribution is -2.22. The molecule has 0 bridgehead atoms.